The minimum atomic E-state index is -4.95. The van der Waals surface area contributed by atoms with E-state index in [1.807, 2.05) is 0 Å². The molecule has 92 heavy (non-hydrogen) atoms. The molecule has 0 aromatic carbocycles. The Balaban J connectivity index is 5.17. The molecule has 17 nitrogen and oxygen atoms in total. The van der Waals surface area contributed by atoms with Gasteiger partial charge in [-0.3, -0.25) is 37.3 Å². The number of rotatable bonds is 73. The first kappa shape index (κ1) is 90.1. The van der Waals surface area contributed by atoms with E-state index in [0.717, 1.165) is 102 Å². The highest BCUT2D eigenvalue weighted by Gasteiger charge is 2.30. The lowest BCUT2D eigenvalue weighted by atomic mass is 10.0. The van der Waals surface area contributed by atoms with Crippen LogP contribution in [0.3, 0.4) is 0 Å². The number of hydrogen-bond donors (Lipinski definition) is 3. The second-order valence-electron chi connectivity index (χ2n) is 26.8. The minimum Gasteiger partial charge on any atom is -0.462 e. The maximum atomic E-state index is 13.1. The van der Waals surface area contributed by atoms with Crippen molar-refractivity contribution in [1.82, 2.24) is 0 Å². The predicted octanol–water partition coefficient (Wildman–Crippen LogP) is 21.3. The Hall–Kier alpha value is -1.94. The maximum absolute atomic E-state index is 13.1. The third kappa shape index (κ3) is 66.7. The summed E-state index contributed by atoms with van der Waals surface area (Å²) in [5, 5.41) is 10.6. The predicted molar refractivity (Wildman–Crippen MR) is 372 cm³/mol. The number of phosphoric ester groups is 2. The summed E-state index contributed by atoms with van der Waals surface area (Å²) in [5.41, 5.74) is 0. The molecule has 0 aromatic rings. The molecule has 0 aliphatic heterocycles. The first-order valence-corrected chi connectivity index (χ1v) is 41.1. The SMILES string of the molecule is CCCCCCCCCCCCCCCCCCCCCCC(=O)O[C@H](COC(=O)CCCCCCCCCCCCCCC(C)C)COP(=O)(O)OC[C@@H](O)COP(=O)(O)OC[C@@H](COC(=O)CCCCCCCCCC)OC(=O)CCCCCCCCCCC. The molecule has 0 bridgehead atoms. The summed E-state index contributed by atoms with van der Waals surface area (Å²) >= 11 is 0. The molecule has 0 saturated heterocycles. The molecule has 3 N–H and O–H groups in total. The Kier molecular flexibility index (Phi) is 64.9. The molecule has 0 amide bonds. The lowest BCUT2D eigenvalue weighted by Gasteiger charge is -2.21. The summed E-state index contributed by atoms with van der Waals surface area (Å²) in [7, 11) is -9.90. The fourth-order valence-corrected chi connectivity index (χ4v) is 12.8. The van der Waals surface area contributed by atoms with Gasteiger partial charge in [0, 0.05) is 25.7 Å². The molecule has 0 fully saturated rings. The highest BCUT2D eigenvalue weighted by molar-refractivity contribution is 7.47. The molecular weight excluding hydrogens is 1210 g/mol. The summed E-state index contributed by atoms with van der Waals surface area (Å²) in [6.45, 7) is 7.24. The molecule has 0 heterocycles. The normalized spacial score (nSPS) is 14.0. The van der Waals surface area contributed by atoms with Gasteiger partial charge < -0.3 is 33.8 Å². The number of hydrogen-bond acceptors (Lipinski definition) is 15. The van der Waals surface area contributed by atoms with Gasteiger partial charge in [0.05, 0.1) is 26.4 Å². The van der Waals surface area contributed by atoms with Crippen LogP contribution in [0.1, 0.15) is 381 Å². The summed E-state index contributed by atoms with van der Waals surface area (Å²) in [5.74, 6) is -1.34. The first-order valence-electron chi connectivity index (χ1n) is 38.1. The number of esters is 4. The zero-order valence-corrected chi connectivity index (χ0v) is 61.5. The standard InChI is InChI=1S/C73H142O17P2/c1-6-9-12-15-18-21-22-23-24-25-26-27-28-29-30-35-39-44-49-54-59-73(78)90-69(63-84-71(76)57-52-47-42-38-34-32-31-33-37-40-45-50-55-66(4)5)65-88-92(81,82)86-61-67(74)60-85-91(79,80)87-64-68(62-83-70(75)56-51-46-41-20-17-14-11-8-3)89-72(77)58-53-48-43-36-19-16-13-10-7-2/h66-69,74H,6-65H2,1-5H3,(H,79,80)(H,81,82)/t67-,68+,69+/m0/s1. The van der Waals surface area contributed by atoms with Gasteiger partial charge in [-0.25, -0.2) is 9.13 Å². The minimum absolute atomic E-state index is 0.106. The van der Waals surface area contributed by atoms with Crippen molar-refractivity contribution in [3.63, 3.8) is 0 Å². The molecular formula is C73H142O17P2. The highest BCUT2D eigenvalue weighted by Crippen LogP contribution is 2.45. The number of carbonyl (C=O) groups is 4. The van der Waals surface area contributed by atoms with Crippen LogP contribution in [0.5, 0.6) is 0 Å². The number of unbranched alkanes of at least 4 members (excludes halogenated alkanes) is 45. The third-order valence-electron chi connectivity index (χ3n) is 17.0. The summed E-state index contributed by atoms with van der Waals surface area (Å²) < 4.78 is 68.3. The van der Waals surface area contributed by atoms with Crippen LogP contribution in [-0.4, -0.2) is 96.7 Å². The summed E-state index contributed by atoms with van der Waals surface area (Å²) in [6.07, 6.45) is 54.3. The maximum Gasteiger partial charge on any atom is 0.472 e. The number of carbonyl (C=O) groups excluding carboxylic acids is 4. The van der Waals surface area contributed by atoms with Crippen molar-refractivity contribution in [2.75, 3.05) is 39.6 Å². The Labute approximate surface area is 562 Å². The van der Waals surface area contributed by atoms with Crippen LogP contribution in [0, 0.1) is 5.92 Å². The Morgan fingerprint density at radius 3 is 0.739 bits per heavy atom. The van der Waals surface area contributed by atoms with E-state index in [-0.39, 0.29) is 25.7 Å². The van der Waals surface area contributed by atoms with E-state index in [9.17, 15) is 43.2 Å². The van der Waals surface area contributed by atoms with Crippen molar-refractivity contribution >= 4 is 39.5 Å². The molecule has 0 rings (SSSR count). The topological polar surface area (TPSA) is 237 Å². The molecule has 2 unspecified atom stereocenters. The van der Waals surface area contributed by atoms with E-state index in [2.05, 4.69) is 34.6 Å². The molecule has 546 valence electrons. The van der Waals surface area contributed by atoms with E-state index >= 15 is 0 Å². The lowest BCUT2D eigenvalue weighted by Crippen LogP contribution is -2.30. The van der Waals surface area contributed by atoms with E-state index in [1.165, 1.54) is 199 Å². The van der Waals surface area contributed by atoms with Gasteiger partial charge in [-0.2, -0.15) is 0 Å². The number of aliphatic hydroxyl groups is 1. The average Bonchev–Trinajstić information content (AvgIpc) is 1.64. The molecule has 0 radical (unpaired) electrons. The molecule has 0 aliphatic carbocycles. The lowest BCUT2D eigenvalue weighted by molar-refractivity contribution is -0.161. The van der Waals surface area contributed by atoms with E-state index in [1.54, 1.807) is 0 Å². The second-order valence-corrected chi connectivity index (χ2v) is 29.7. The van der Waals surface area contributed by atoms with Crippen LogP contribution in [0.4, 0.5) is 0 Å². The summed E-state index contributed by atoms with van der Waals surface area (Å²) in [6, 6.07) is 0. The monoisotopic (exact) mass is 1350 g/mol. The van der Waals surface area contributed by atoms with Crippen LogP contribution in [0.2, 0.25) is 0 Å². The number of aliphatic hydroxyl groups excluding tert-OH is 1. The molecule has 5 atom stereocenters. The average molecular weight is 1350 g/mol. The number of ether oxygens (including phenoxy) is 4. The van der Waals surface area contributed by atoms with E-state index < -0.39 is 97.5 Å². The molecule has 0 spiro atoms. The van der Waals surface area contributed by atoms with E-state index in [0.29, 0.717) is 25.7 Å². The van der Waals surface area contributed by atoms with Crippen molar-refractivity contribution in [3.05, 3.63) is 0 Å². The van der Waals surface area contributed by atoms with Gasteiger partial charge in [0.2, 0.25) is 0 Å². The molecule has 0 aliphatic rings. The Morgan fingerprint density at radius 2 is 0.500 bits per heavy atom. The van der Waals surface area contributed by atoms with Crippen molar-refractivity contribution in [2.45, 2.75) is 400 Å². The van der Waals surface area contributed by atoms with Crippen molar-refractivity contribution in [1.29, 1.82) is 0 Å². The number of phosphoric acid groups is 2. The van der Waals surface area contributed by atoms with Gasteiger partial charge in [0.25, 0.3) is 0 Å². The van der Waals surface area contributed by atoms with Crippen LogP contribution < -0.4 is 0 Å². The van der Waals surface area contributed by atoms with Gasteiger partial charge in [-0.1, -0.05) is 330 Å². The Morgan fingerprint density at radius 1 is 0.293 bits per heavy atom. The van der Waals surface area contributed by atoms with Crippen molar-refractivity contribution in [3.8, 4) is 0 Å². The quantitative estimate of drug-likeness (QED) is 0.0222. The van der Waals surface area contributed by atoms with Gasteiger partial charge >= 0.3 is 39.5 Å². The van der Waals surface area contributed by atoms with Gasteiger partial charge in [0.1, 0.15) is 19.3 Å². The van der Waals surface area contributed by atoms with Crippen molar-refractivity contribution in [2.24, 2.45) is 5.92 Å². The largest absolute Gasteiger partial charge is 0.472 e. The van der Waals surface area contributed by atoms with Crippen LogP contribution >= 0.6 is 15.6 Å². The van der Waals surface area contributed by atoms with Gasteiger partial charge in [-0.05, 0) is 31.6 Å². The van der Waals surface area contributed by atoms with Gasteiger partial charge in [-0.15, -0.1) is 0 Å². The molecule has 0 aromatic heterocycles. The van der Waals surface area contributed by atoms with Crippen molar-refractivity contribution < 1.29 is 80.2 Å². The summed E-state index contributed by atoms with van der Waals surface area (Å²) in [4.78, 5) is 72.5. The third-order valence-corrected chi connectivity index (χ3v) is 18.9. The molecule has 19 heteroatoms. The zero-order valence-electron chi connectivity index (χ0n) is 59.7. The highest BCUT2D eigenvalue weighted by atomic mass is 31.2. The smallest absolute Gasteiger partial charge is 0.462 e. The first-order chi connectivity index (χ1) is 44.5. The molecule has 0 saturated carbocycles. The van der Waals surface area contributed by atoms with Gasteiger partial charge in [0.15, 0.2) is 12.2 Å². The zero-order chi connectivity index (χ0) is 67.7. The fourth-order valence-electron chi connectivity index (χ4n) is 11.2. The van der Waals surface area contributed by atoms with Crippen LogP contribution in [0.25, 0.3) is 0 Å². The van der Waals surface area contributed by atoms with Crippen LogP contribution in [0.15, 0.2) is 0 Å². The van der Waals surface area contributed by atoms with E-state index in [4.69, 9.17) is 37.0 Å². The Bertz CT molecular complexity index is 1770. The second kappa shape index (κ2) is 66.3. The van der Waals surface area contributed by atoms with Crippen LogP contribution in [-0.2, 0) is 65.4 Å². The fraction of sp³-hybridized carbons (Fsp3) is 0.945.